The van der Waals surface area contributed by atoms with Gasteiger partial charge in [-0.25, -0.2) is 9.59 Å². The van der Waals surface area contributed by atoms with Crippen LogP contribution in [0.4, 0.5) is 0 Å². The van der Waals surface area contributed by atoms with Gasteiger partial charge >= 0.3 is 11.9 Å². The van der Waals surface area contributed by atoms with Crippen molar-refractivity contribution >= 4 is 11.9 Å². The first-order valence-electron chi connectivity index (χ1n) is 18.1. The molecule has 2 unspecified atom stereocenters. The van der Waals surface area contributed by atoms with Crippen molar-refractivity contribution in [3.8, 4) is 0 Å². The highest BCUT2D eigenvalue weighted by molar-refractivity contribution is 5.85. The summed E-state index contributed by atoms with van der Waals surface area (Å²) < 4.78 is 37.9. The Morgan fingerprint density at radius 2 is 0.815 bits per heavy atom. The summed E-state index contributed by atoms with van der Waals surface area (Å²) in [6.07, 6.45) is 2.86. The molecule has 2 fully saturated rings. The van der Waals surface area contributed by atoms with Crippen LogP contribution >= 0.6 is 0 Å². The summed E-state index contributed by atoms with van der Waals surface area (Å²) in [6.45, 7) is 3.94. The first-order valence-corrected chi connectivity index (χ1v) is 18.1. The molecule has 5 aromatic rings. The topological polar surface area (TPSA) is 89.5 Å². The molecule has 0 N–H and O–H groups in total. The summed E-state index contributed by atoms with van der Waals surface area (Å²) in [4.78, 5) is 25.7. The van der Waals surface area contributed by atoms with E-state index in [0.29, 0.717) is 11.5 Å². The molecule has 8 heteroatoms. The van der Waals surface area contributed by atoms with Crippen molar-refractivity contribution in [3.63, 3.8) is 0 Å². The van der Waals surface area contributed by atoms with Crippen LogP contribution in [0.1, 0.15) is 47.2 Å². The Kier molecular flexibility index (Phi) is 8.06. The number of hydrogen-bond acceptors (Lipinski definition) is 8. The molecule has 8 nitrogen and oxygen atoms in total. The largest absolute Gasteiger partial charge is 0.492 e. The number of carbonyl (C=O) groups is 2. The number of rotatable bonds is 10. The van der Waals surface area contributed by atoms with Gasteiger partial charge in [0, 0.05) is 13.8 Å². The first-order chi connectivity index (χ1) is 26.2. The van der Waals surface area contributed by atoms with E-state index in [1.165, 1.54) is 12.2 Å². The summed E-state index contributed by atoms with van der Waals surface area (Å²) in [5.41, 5.74) is 3.63. The van der Waals surface area contributed by atoms with Crippen molar-refractivity contribution in [1.29, 1.82) is 0 Å². The Morgan fingerprint density at radius 3 is 1.15 bits per heavy atom. The van der Waals surface area contributed by atoms with Crippen LogP contribution in [0.5, 0.6) is 0 Å². The minimum atomic E-state index is -1.22. The molecule has 0 aliphatic carbocycles. The molecule has 2 saturated heterocycles. The maximum Gasteiger partial charge on any atom is 0.336 e. The molecular weight excluding hydrogens is 680 g/mol. The number of carbonyl (C=O) groups excluding carboxylic acids is 2. The fraction of sp³-hybridized carbons (Fsp3) is 0.217. The predicted molar refractivity (Wildman–Crippen MR) is 198 cm³/mol. The lowest BCUT2D eigenvalue weighted by molar-refractivity contribution is -0.397. The van der Waals surface area contributed by atoms with Gasteiger partial charge in [-0.3, -0.25) is 0 Å². The van der Waals surface area contributed by atoms with Gasteiger partial charge in [0.2, 0.25) is 11.6 Å². The van der Waals surface area contributed by atoms with Crippen molar-refractivity contribution in [1.82, 2.24) is 0 Å². The van der Waals surface area contributed by atoms with Gasteiger partial charge in [-0.2, -0.15) is 0 Å². The van der Waals surface area contributed by atoms with Crippen LogP contribution in [0, 0.1) is 11.8 Å². The van der Waals surface area contributed by atoms with Crippen LogP contribution in [0.15, 0.2) is 169 Å². The highest BCUT2D eigenvalue weighted by atomic mass is 16.8. The number of benzene rings is 5. The van der Waals surface area contributed by atoms with Gasteiger partial charge < -0.3 is 28.4 Å². The lowest BCUT2D eigenvalue weighted by Crippen LogP contribution is -2.69. The third-order valence-corrected chi connectivity index (χ3v) is 10.9. The Morgan fingerprint density at radius 1 is 0.481 bits per heavy atom. The second-order valence-corrected chi connectivity index (χ2v) is 14.4. The van der Waals surface area contributed by atoms with Crippen molar-refractivity contribution in [2.24, 2.45) is 11.8 Å². The zero-order valence-corrected chi connectivity index (χ0v) is 29.8. The summed E-state index contributed by atoms with van der Waals surface area (Å²) >= 11 is 0. The van der Waals surface area contributed by atoms with Crippen molar-refractivity contribution < 1.29 is 38.0 Å². The van der Waals surface area contributed by atoms with E-state index in [0.717, 1.165) is 33.4 Å². The van der Waals surface area contributed by atoms with Gasteiger partial charge in [-0.1, -0.05) is 140 Å². The standard InChI is InChI=1S/C46H38O8/c1-43-41(45(53-43,33-18-7-3-8-19-33)34-20-9-4-10-21-34)37(27-39(47)51-43)49-29-31-16-15-17-32(26-31)30-50-38-28-40(48)52-44(2)42(38)46(54-44,35-22-11-5-12-23-35)36-24-13-6-14-25-36/h3-28,41-42H,29-30H2,1-2H3/t41-,42?,43-,44?/m1/s1. The van der Waals surface area contributed by atoms with E-state index in [4.69, 9.17) is 28.4 Å². The second-order valence-electron chi connectivity index (χ2n) is 14.4. The normalized spacial score (nSPS) is 25.9. The Hall–Kier alpha value is -5.96. The molecule has 4 atom stereocenters. The molecule has 0 saturated carbocycles. The average molecular weight is 719 g/mol. The van der Waals surface area contributed by atoms with Crippen LogP contribution in [-0.2, 0) is 62.4 Å². The molecule has 0 spiro atoms. The maximum atomic E-state index is 12.9. The molecule has 0 radical (unpaired) electrons. The molecule has 4 heterocycles. The monoisotopic (exact) mass is 718 g/mol. The van der Waals surface area contributed by atoms with E-state index >= 15 is 0 Å². The Labute approximate surface area is 313 Å². The number of esters is 2. The van der Waals surface area contributed by atoms with Crippen molar-refractivity contribution in [2.75, 3.05) is 0 Å². The van der Waals surface area contributed by atoms with Gasteiger partial charge in [-0.15, -0.1) is 0 Å². The summed E-state index contributed by atoms with van der Waals surface area (Å²) in [7, 11) is 0. The highest BCUT2D eigenvalue weighted by Crippen LogP contribution is 2.63. The fourth-order valence-electron chi connectivity index (χ4n) is 8.80. The third kappa shape index (κ3) is 5.36. The number of ether oxygens (including phenoxy) is 6. The zero-order valence-electron chi connectivity index (χ0n) is 29.8. The molecular formula is C46H38O8. The van der Waals surface area contributed by atoms with E-state index in [9.17, 15) is 9.59 Å². The summed E-state index contributed by atoms with van der Waals surface area (Å²) in [6, 6.07) is 47.7. The van der Waals surface area contributed by atoms with E-state index in [2.05, 4.69) is 0 Å². The molecule has 0 aromatic heterocycles. The number of fused-ring (bicyclic) bond motifs is 2. The molecule has 5 aromatic carbocycles. The molecule has 0 bridgehead atoms. The first kappa shape index (κ1) is 33.8. The maximum absolute atomic E-state index is 12.9. The highest BCUT2D eigenvalue weighted by Gasteiger charge is 2.71. The van der Waals surface area contributed by atoms with Gasteiger partial charge in [0.05, 0.1) is 12.2 Å². The quantitative estimate of drug-likeness (QED) is 0.134. The van der Waals surface area contributed by atoms with Crippen molar-refractivity contribution in [3.05, 3.63) is 203 Å². The summed E-state index contributed by atoms with van der Waals surface area (Å²) in [5, 5.41) is 0. The van der Waals surface area contributed by atoms with Gasteiger partial charge in [-0.05, 0) is 39.4 Å². The van der Waals surface area contributed by atoms with E-state index in [1.807, 2.05) is 146 Å². The second kappa shape index (κ2) is 12.9. The minimum Gasteiger partial charge on any atom is -0.492 e. The average Bonchev–Trinajstić information content (AvgIpc) is 3.18. The lowest BCUT2D eigenvalue weighted by atomic mass is 9.65. The molecule has 4 aliphatic rings. The molecule has 9 rings (SSSR count). The van der Waals surface area contributed by atoms with Gasteiger partial charge in [0.15, 0.2) is 0 Å². The zero-order chi connectivity index (χ0) is 37.0. The SMILES string of the molecule is CC12OC(=O)C=C(OCc3cccc(COC4=CC(=O)O[C@]5(C)OC(c6ccccc6)(c6ccccc6)[C@H]45)c3)C1C(c1ccccc1)(c1ccccc1)O2. The van der Waals surface area contributed by atoms with E-state index in [1.54, 1.807) is 13.8 Å². The smallest absolute Gasteiger partial charge is 0.336 e. The third-order valence-electron chi connectivity index (χ3n) is 10.9. The molecule has 0 amide bonds. The number of hydrogen-bond donors (Lipinski definition) is 0. The van der Waals surface area contributed by atoms with Crippen molar-refractivity contribution in [2.45, 2.75) is 49.8 Å². The lowest BCUT2D eigenvalue weighted by Gasteiger charge is -2.61. The Bertz CT molecular complexity index is 2030. The van der Waals surface area contributed by atoms with E-state index in [-0.39, 0.29) is 13.2 Å². The minimum absolute atomic E-state index is 0.188. The van der Waals surface area contributed by atoms with Crippen LogP contribution in [0.3, 0.4) is 0 Å². The van der Waals surface area contributed by atoms with Crippen LogP contribution in [0.25, 0.3) is 0 Å². The molecule has 54 heavy (non-hydrogen) atoms. The molecule has 4 aliphatic heterocycles. The van der Waals surface area contributed by atoms with Gasteiger partial charge in [0.1, 0.15) is 47.8 Å². The fourth-order valence-corrected chi connectivity index (χ4v) is 8.80. The predicted octanol–water partition coefficient (Wildman–Crippen LogP) is 8.21. The van der Waals surface area contributed by atoms with Crippen LogP contribution in [-0.4, -0.2) is 23.5 Å². The molecule has 270 valence electrons. The van der Waals surface area contributed by atoms with E-state index < -0.39 is 46.6 Å². The summed E-state index contributed by atoms with van der Waals surface area (Å²) in [5.74, 6) is -3.37. The van der Waals surface area contributed by atoms with Crippen LogP contribution in [0.2, 0.25) is 0 Å². The Balaban J connectivity index is 0.972. The van der Waals surface area contributed by atoms with Crippen LogP contribution < -0.4 is 0 Å². The van der Waals surface area contributed by atoms with Gasteiger partial charge in [0.25, 0.3) is 0 Å².